The monoisotopic (exact) mass is 333 g/mol. The van der Waals surface area contributed by atoms with Crippen molar-refractivity contribution in [2.45, 2.75) is 38.8 Å². The Morgan fingerprint density at radius 3 is 2.52 bits per heavy atom. The lowest BCUT2D eigenvalue weighted by Gasteiger charge is -2.46. The predicted molar refractivity (Wildman–Crippen MR) is 102 cm³/mol. The van der Waals surface area contributed by atoms with Crippen molar-refractivity contribution in [3.63, 3.8) is 0 Å². The molecule has 0 radical (unpaired) electrons. The molecular formula is C22H23NO2. The molecule has 0 saturated heterocycles. The molecule has 0 aliphatic carbocycles. The molecule has 2 aromatic rings. The van der Waals surface area contributed by atoms with Crippen molar-refractivity contribution in [2.75, 3.05) is 11.9 Å². The zero-order chi connectivity index (χ0) is 18.0. The number of carbonyl (C=O) groups is 1. The molecule has 0 aromatic heterocycles. The van der Waals surface area contributed by atoms with E-state index < -0.39 is 5.72 Å². The molecule has 3 nitrogen and oxygen atoms in total. The van der Waals surface area contributed by atoms with Crippen molar-refractivity contribution in [3.8, 4) is 5.75 Å². The quantitative estimate of drug-likeness (QED) is 0.712. The summed E-state index contributed by atoms with van der Waals surface area (Å²) in [4.78, 5) is 13.6. The van der Waals surface area contributed by atoms with Crippen LogP contribution in [-0.4, -0.2) is 19.1 Å². The smallest absolute Gasteiger partial charge is 0.211 e. The van der Waals surface area contributed by atoms with E-state index in [1.165, 1.54) is 11.3 Å². The minimum absolute atomic E-state index is 0.212. The van der Waals surface area contributed by atoms with E-state index in [0.717, 1.165) is 34.3 Å². The molecule has 0 N–H and O–H groups in total. The molecular weight excluding hydrogens is 310 g/mol. The molecule has 0 bridgehead atoms. The Morgan fingerprint density at radius 2 is 1.84 bits per heavy atom. The number of likely N-dealkylation sites (N-methyl/N-ethyl adjacent to an activating group) is 1. The molecule has 0 fully saturated rings. The highest BCUT2D eigenvalue weighted by Crippen LogP contribution is 2.54. The van der Waals surface area contributed by atoms with Crippen molar-refractivity contribution >= 4 is 18.0 Å². The van der Waals surface area contributed by atoms with E-state index in [1.54, 1.807) is 0 Å². The average Bonchev–Trinajstić information content (AvgIpc) is 2.78. The molecule has 2 heterocycles. The van der Waals surface area contributed by atoms with E-state index in [4.69, 9.17) is 4.74 Å². The minimum atomic E-state index is -0.580. The Bertz CT molecular complexity index is 926. The van der Waals surface area contributed by atoms with Gasteiger partial charge in [-0.2, -0.15) is 0 Å². The van der Waals surface area contributed by atoms with Crippen LogP contribution in [0.2, 0.25) is 0 Å². The zero-order valence-electron chi connectivity index (χ0n) is 15.4. The van der Waals surface area contributed by atoms with Crippen LogP contribution in [0.1, 0.15) is 46.5 Å². The van der Waals surface area contributed by atoms with Crippen LogP contribution in [-0.2, 0) is 5.41 Å². The standard InChI is InChI=1S/C22H23NO2/c1-14-15(2)20-16(12-17(14)13-24)10-11-22(25-20)21(3,4)18-8-6-7-9-19(18)23(22)5/h6-13H,1-5H3/t22-/m0/s1. The van der Waals surface area contributed by atoms with Gasteiger partial charge in [-0.1, -0.05) is 18.2 Å². The number of hydrogen-bond donors (Lipinski definition) is 0. The first-order valence-electron chi connectivity index (χ1n) is 8.64. The highest BCUT2D eigenvalue weighted by molar-refractivity contribution is 5.83. The number of hydrogen-bond acceptors (Lipinski definition) is 3. The largest absolute Gasteiger partial charge is 0.462 e. The molecule has 2 aliphatic heterocycles. The first kappa shape index (κ1) is 15.9. The van der Waals surface area contributed by atoms with E-state index in [9.17, 15) is 4.79 Å². The van der Waals surface area contributed by atoms with Gasteiger partial charge in [0.1, 0.15) is 12.0 Å². The van der Waals surface area contributed by atoms with E-state index in [0.29, 0.717) is 0 Å². The van der Waals surface area contributed by atoms with Crippen LogP contribution in [0.4, 0.5) is 5.69 Å². The Morgan fingerprint density at radius 1 is 1.12 bits per heavy atom. The highest BCUT2D eigenvalue weighted by atomic mass is 16.5. The zero-order valence-corrected chi connectivity index (χ0v) is 15.4. The van der Waals surface area contributed by atoms with Gasteiger partial charge in [0.05, 0.1) is 5.41 Å². The third-order valence-electron chi connectivity index (χ3n) is 6.12. The van der Waals surface area contributed by atoms with Crippen LogP contribution >= 0.6 is 0 Å². The summed E-state index contributed by atoms with van der Waals surface area (Å²) in [6.45, 7) is 8.47. The first-order chi connectivity index (χ1) is 11.8. The van der Waals surface area contributed by atoms with Gasteiger partial charge < -0.3 is 9.64 Å². The number of anilines is 1. The summed E-state index contributed by atoms with van der Waals surface area (Å²) in [5.74, 6) is 0.873. The highest BCUT2D eigenvalue weighted by Gasteiger charge is 2.57. The maximum atomic E-state index is 11.3. The van der Waals surface area contributed by atoms with Gasteiger partial charge in [0.15, 0.2) is 0 Å². The Balaban J connectivity index is 1.92. The van der Waals surface area contributed by atoms with Crippen LogP contribution in [0.3, 0.4) is 0 Å². The number of rotatable bonds is 1. The summed E-state index contributed by atoms with van der Waals surface area (Å²) in [6, 6.07) is 10.4. The minimum Gasteiger partial charge on any atom is -0.462 e. The number of benzene rings is 2. The second-order valence-electron chi connectivity index (χ2n) is 7.58. The summed E-state index contributed by atoms with van der Waals surface area (Å²) in [5.41, 5.74) is 5.39. The molecule has 4 rings (SSSR count). The van der Waals surface area contributed by atoms with Crippen LogP contribution < -0.4 is 9.64 Å². The molecule has 25 heavy (non-hydrogen) atoms. The van der Waals surface area contributed by atoms with Crippen molar-refractivity contribution in [1.29, 1.82) is 0 Å². The fraction of sp³-hybridized carbons (Fsp3) is 0.318. The first-order valence-corrected chi connectivity index (χ1v) is 8.64. The molecule has 2 aromatic carbocycles. The van der Waals surface area contributed by atoms with Gasteiger partial charge in [-0.3, -0.25) is 4.79 Å². The number of fused-ring (bicyclic) bond motifs is 2. The molecule has 1 spiro atoms. The SMILES string of the molecule is Cc1c(C=O)cc2c(c1C)O[C@]1(C=C2)N(C)c2ccccc2C1(C)C. The third kappa shape index (κ3) is 1.84. The number of ether oxygens (including phenoxy) is 1. The fourth-order valence-electron chi connectivity index (χ4n) is 4.32. The van der Waals surface area contributed by atoms with E-state index in [1.807, 2.05) is 19.9 Å². The van der Waals surface area contributed by atoms with Gasteiger partial charge in [0.25, 0.3) is 0 Å². The van der Waals surface area contributed by atoms with Gasteiger partial charge in [-0.25, -0.2) is 0 Å². The van der Waals surface area contributed by atoms with Crippen LogP contribution in [0, 0.1) is 13.8 Å². The molecule has 1 atom stereocenters. The second kappa shape index (κ2) is 4.98. The van der Waals surface area contributed by atoms with Crippen LogP contribution in [0.15, 0.2) is 36.4 Å². The summed E-state index contributed by atoms with van der Waals surface area (Å²) in [5, 5.41) is 0. The maximum absolute atomic E-state index is 11.3. The molecule has 128 valence electrons. The molecule has 0 saturated carbocycles. The Kier molecular flexibility index (Phi) is 3.18. The van der Waals surface area contributed by atoms with Gasteiger partial charge in [-0.15, -0.1) is 0 Å². The summed E-state index contributed by atoms with van der Waals surface area (Å²) >= 11 is 0. The van der Waals surface area contributed by atoms with Crippen LogP contribution in [0.5, 0.6) is 5.75 Å². The lowest BCUT2D eigenvalue weighted by molar-refractivity contribution is 0.0573. The lowest BCUT2D eigenvalue weighted by Crippen LogP contribution is -2.58. The van der Waals surface area contributed by atoms with Crippen molar-refractivity contribution in [1.82, 2.24) is 0 Å². The molecule has 2 aliphatic rings. The normalized spacial score (nSPS) is 22.5. The number of nitrogens with zero attached hydrogens (tertiary/aromatic N) is 1. The fourth-order valence-corrected chi connectivity index (χ4v) is 4.32. The van der Waals surface area contributed by atoms with E-state index in [2.05, 4.69) is 62.2 Å². The Labute approximate surface area is 148 Å². The van der Waals surface area contributed by atoms with E-state index >= 15 is 0 Å². The van der Waals surface area contributed by atoms with E-state index in [-0.39, 0.29) is 5.41 Å². The van der Waals surface area contributed by atoms with Crippen molar-refractivity contribution in [2.24, 2.45) is 0 Å². The topological polar surface area (TPSA) is 29.5 Å². The van der Waals surface area contributed by atoms with Crippen molar-refractivity contribution in [3.05, 3.63) is 64.2 Å². The molecule has 0 unspecified atom stereocenters. The molecule has 0 amide bonds. The average molecular weight is 333 g/mol. The lowest BCUT2D eigenvalue weighted by atomic mass is 9.76. The van der Waals surface area contributed by atoms with Crippen LogP contribution in [0.25, 0.3) is 6.08 Å². The van der Waals surface area contributed by atoms with Crippen molar-refractivity contribution < 1.29 is 9.53 Å². The maximum Gasteiger partial charge on any atom is 0.211 e. The summed E-state index contributed by atoms with van der Waals surface area (Å²) in [7, 11) is 2.09. The summed E-state index contributed by atoms with van der Waals surface area (Å²) < 4.78 is 6.72. The van der Waals surface area contributed by atoms with Gasteiger partial charge in [0.2, 0.25) is 5.72 Å². The number of para-hydroxylation sites is 1. The Hall–Kier alpha value is -2.55. The second-order valence-corrected chi connectivity index (χ2v) is 7.58. The molecule has 3 heteroatoms. The number of aldehydes is 1. The predicted octanol–water partition coefficient (Wildman–Crippen LogP) is 4.65. The number of carbonyl (C=O) groups excluding carboxylic acids is 1. The van der Waals surface area contributed by atoms with Gasteiger partial charge >= 0.3 is 0 Å². The summed E-state index contributed by atoms with van der Waals surface area (Å²) in [6.07, 6.45) is 5.16. The van der Waals surface area contributed by atoms with Gasteiger partial charge in [0, 0.05) is 23.9 Å². The third-order valence-corrected chi connectivity index (χ3v) is 6.12. The van der Waals surface area contributed by atoms with Gasteiger partial charge in [-0.05, 0) is 68.7 Å².